The molecule has 1 fully saturated rings. The molecule has 0 unspecified atom stereocenters. The first-order chi connectivity index (χ1) is 17.0. The van der Waals surface area contributed by atoms with Crippen LogP contribution in [0.15, 0.2) is 92.4 Å². The minimum atomic E-state index is -0.495. The molecule has 0 aromatic heterocycles. The standard InChI is InChI=1S/C28H23Br2FN2O2/c29-21-12-8-18(9-13-21)16-20-4-3-5-23-27(20)32-33(28(23)19-10-14-22(30)15-11-19)26(34)17-35-25-7-2-1-6-24(25)31/h1-2,6-16,23,28H,3-5,17H2/b20-16-/t23-,28+/m1/s1. The summed E-state index contributed by atoms with van der Waals surface area (Å²) >= 11 is 6.99. The molecule has 35 heavy (non-hydrogen) atoms. The first-order valence-electron chi connectivity index (χ1n) is 11.5. The monoisotopic (exact) mass is 596 g/mol. The fourth-order valence-electron chi connectivity index (χ4n) is 4.73. The number of amides is 1. The van der Waals surface area contributed by atoms with E-state index in [0.717, 1.165) is 50.6 Å². The fraction of sp³-hybridized carbons (Fsp3) is 0.214. The molecule has 0 radical (unpaired) electrons. The molecule has 1 saturated carbocycles. The molecular formula is C28H23Br2FN2O2. The summed E-state index contributed by atoms with van der Waals surface area (Å²) in [6.07, 6.45) is 5.04. The lowest BCUT2D eigenvalue weighted by Crippen LogP contribution is -2.34. The zero-order valence-electron chi connectivity index (χ0n) is 18.8. The van der Waals surface area contributed by atoms with Gasteiger partial charge in [-0.2, -0.15) is 5.10 Å². The second kappa shape index (κ2) is 10.5. The smallest absolute Gasteiger partial charge is 0.281 e. The van der Waals surface area contributed by atoms with E-state index in [1.54, 1.807) is 17.1 Å². The van der Waals surface area contributed by atoms with Gasteiger partial charge in [0, 0.05) is 14.9 Å². The summed E-state index contributed by atoms with van der Waals surface area (Å²) in [5.74, 6) is -0.651. The van der Waals surface area contributed by atoms with E-state index in [1.807, 2.05) is 36.4 Å². The van der Waals surface area contributed by atoms with Gasteiger partial charge in [0.1, 0.15) is 0 Å². The number of carbonyl (C=O) groups is 1. The van der Waals surface area contributed by atoms with Crippen molar-refractivity contribution in [3.63, 3.8) is 0 Å². The summed E-state index contributed by atoms with van der Waals surface area (Å²) in [6.45, 7) is -0.288. The van der Waals surface area contributed by atoms with Crippen molar-refractivity contribution in [1.29, 1.82) is 0 Å². The van der Waals surface area contributed by atoms with Gasteiger partial charge in [0.25, 0.3) is 5.91 Å². The van der Waals surface area contributed by atoms with Crippen LogP contribution < -0.4 is 4.74 Å². The Morgan fingerprint density at radius 2 is 1.71 bits per heavy atom. The third-order valence-electron chi connectivity index (χ3n) is 6.37. The first-order valence-corrected chi connectivity index (χ1v) is 13.1. The Hall–Kier alpha value is -2.77. The molecule has 1 heterocycles. The Morgan fingerprint density at radius 1 is 1.03 bits per heavy atom. The van der Waals surface area contributed by atoms with Gasteiger partial charge in [-0.15, -0.1) is 0 Å². The maximum Gasteiger partial charge on any atom is 0.281 e. The zero-order valence-corrected chi connectivity index (χ0v) is 22.0. The number of hydrazone groups is 1. The molecule has 3 aromatic rings. The predicted octanol–water partition coefficient (Wildman–Crippen LogP) is 7.55. The van der Waals surface area contributed by atoms with E-state index in [2.05, 4.69) is 50.1 Å². The van der Waals surface area contributed by atoms with Crippen LogP contribution in [-0.4, -0.2) is 23.2 Å². The van der Waals surface area contributed by atoms with Crippen molar-refractivity contribution in [2.75, 3.05) is 6.61 Å². The number of rotatable bonds is 5. The van der Waals surface area contributed by atoms with Gasteiger partial charge in [-0.25, -0.2) is 9.40 Å². The van der Waals surface area contributed by atoms with E-state index >= 15 is 0 Å². The lowest BCUT2D eigenvalue weighted by atomic mass is 9.77. The van der Waals surface area contributed by atoms with Crippen LogP contribution >= 0.6 is 31.9 Å². The lowest BCUT2D eigenvalue weighted by molar-refractivity contribution is -0.135. The number of fused-ring (bicyclic) bond motifs is 1. The topological polar surface area (TPSA) is 41.9 Å². The van der Waals surface area contributed by atoms with E-state index in [4.69, 9.17) is 9.84 Å². The number of allylic oxidation sites excluding steroid dienone is 1. The quantitative estimate of drug-likeness (QED) is 0.305. The first kappa shape index (κ1) is 23.9. The van der Waals surface area contributed by atoms with E-state index in [9.17, 15) is 9.18 Å². The number of para-hydroxylation sites is 1. The predicted molar refractivity (Wildman–Crippen MR) is 143 cm³/mol. The molecule has 5 rings (SSSR count). The van der Waals surface area contributed by atoms with Crippen molar-refractivity contribution in [2.24, 2.45) is 11.0 Å². The summed E-state index contributed by atoms with van der Waals surface area (Å²) in [5.41, 5.74) is 4.21. The number of nitrogens with zero attached hydrogens (tertiary/aromatic N) is 2. The Labute approximate surface area is 220 Å². The summed E-state index contributed by atoms with van der Waals surface area (Å²) in [6, 6.07) is 22.0. The van der Waals surface area contributed by atoms with E-state index < -0.39 is 5.82 Å². The van der Waals surface area contributed by atoms with Gasteiger partial charge >= 0.3 is 0 Å². The maximum atomic E-state index is 14.0. The molecule has 1 aliphatic carbocycles. The van der Waals surface area contributed by atoms with Gasteiger partial charge in [-0.05, 0) is 78.4 Å². The van der Waals surface area contributed by atoms with Gasteiger partial charge < -0.3 is 4.74 Å². The van der Waals surface area contributed by atoms with Crippen molar-refractivity contribution < 1.29 is 13.9 Å². The zero-order chi connectivity index (χ0) is 24.4. The number of benzene rings is 3. The van der Waals surface area contributed by atoms with Gasteiger partial charge in [0.05, 0.1) is 11.8 Å². The van der Waals surface area contributed by atoms with Gasteiger partial charge in [-0.3, -0.25) is 4.79 Å². The Kier molecular flexibility index (Phi) is 7.16. The Bertz CT molecular complexity index is 1290. The molecule has 0 bridgehead atoms. The molecule has 0 N–H and O–H groups in total. The van der Waals surface area contributed by atoms with Crippen molar-refractivity contribution in [2.45, 2.75) is 25.3 Å². The summed E-state index contributed by atoms with van der Waals surface area (Å²) < 4.78 is 21.6. The maximum absolute atomic E-state index is 14.0. The van der Waals surface area contributed by atoms with Crippen LogP contribution in [0.1, 0.15) is 36.4 Å². The highest BCUT2D eigenvalue weighted by atomic mass is 79.9. The Morgan fingerprint density at radius 3 is 2.43 bits per heavy atom. The SMILES string of the molecule is O=C(COc1ccccc1F)N1N=C2/C(=C\c3ccc(Br)cc3)CCC[C@H]2[C@@H]1c1ccc(Br)cc1. The van der Waals surface area contributed by atoms with Crippen LogP contribution in [0.4, 0.5) is 4.39 Å². The molecule has 1 aliphatic heterocycles. The third kappa shape index (κ3) is 5.26. The molecule has 1 amide bonds. The number of carbonyl (C=O) groups excluding carboxylic acids is 1. The average Bonchev–Trinajstić information content (AvgIpc) is 3.26. The minimum absolute atomic E-state index is 0.0566. The van der Waals surface area contributed by atoms with E-state index in [-0.39, 0.29) is 30.2 Å². The molecule has 178 valence electrons. The molecule has 7 heteroatoms. The summed E-state index contributed by atoms with van der Waals surface area (Å²) in [4.78, 5) is 13.4. The molecule has 4 nitrogen and oxygen atoms in total. The van der Waals surface area contributed by atoms with Crippen molar-refractivity contribution >= 4 is 49.6 Å². The normalized spacial score (nSPS) is 20.5. The van der Waals surface area contributed by atoms with Gasteiger partial charge in [0.15, 0.2) is 18.2 Å². The molecule has 2 atom stereocenters. The molecule has 3 aromatic carbocycles. The fourth-order valence-corrected chi connectivity index (χ4v) is 5.26. The van der Waals surface area contributed by atoms with Crippen LogP contribution in [0.2, 0.25) is 0 Å². The second-order valence-corrected chi connectivity index (χ2v) is 10.5. The molecular weight excluding hydrogens is 575 g/mol. The Balaban J connectivity index is 1.47. The van der Waals surface area contributed by atoms with Gasteiger partial charge in [0.2, 0.25) is 0 Å². The van der Waals surface area contributed by atoms with E-state index in [0.29, 0.717) is 0 Å². The van der Waals surface area contributed by atoms with Crippen LogP contribution in [0.5, 0.6) is 5.75 Å². The number of ether oxygens (including phenoxy) is 1. The number of hydrogen-bond acceptors (Lipinski definition) is 3. The third-order valence-corrected chi connectivity index (χ3v) is 7.42. The summed E-state index contributed by atoms with van der Waals surface area (Å²) in [5, 5.41) is 6.40. The van der Waals surface area contributed by atoms with Crippen molar-refractivity contribution in [1.82, 2.24) is 5.01 Å². The number of hydrogen-bond donors (Lipinski definition) is 0. The average molecular weight is 598 g/mol. The van der Waals surface area contributed by atoms with Crippen molar-refractivity contribution in [3.8, 4) is 5.75 Å². The largest absolute Gasteiger partial charge is 0.481 e. The van der Waals surface area contributed by atoms with Crippen molar-refractivity contribution in [3.05, 3.63) is 104 Å². The highest BCUT2D eigenvalue weighted by molar-refractivity contribution is 9.10. The summed E-state index contributed by atoms with van der Waals surface area (Å²) in [7, 11) is 0. The second-order valence-electron chi connectivity index (χ2n) is 8.66. The van der Waals surface area contributed by atoms with Crippen LogP contribution in [-0.2, 0) is 4.79 Å². The van der Waals surface area contributed by atoms with Crippen LogP contribution in [0, 0.1) is 11.7 Å². The van der Waals surface area contributed by atoms with Crippen LogP contribution in [0.3, 0.4) is 0 Å². The highest BCUT2D eigenvalue weighted by Gasteiger charge is 2.43. The van der Waals surface area contributed by atoms with Gasteiger partial charge in [-0.1, -0.05) is 68.3 Å². The molecule has 2 aliphatic rings. The lowest BCUT2D eigenvalue weighted by Gasteiger charge is -2.29. The minimum Gasteiger partial charge on any atom is -0.481 e. The van der Waals surface area contributed by atoms with Crippen LogP contribution in [0.25, 0.3) is 6.08 Å². The number of halogens is 3. The molecule has 0 spiro atoms. The van der Waals surface area contributed by atoms with E-state index in [1.165, 1.54) is 12.1 Å². The highest BCUT2D eigenvalue weighted by Crippen LogP contribution is 2.44. The molecule has 0 saturated heterocycles.